The number of benzene rings is 2. The number of nitrogens with zero attached hydrogens (tertiary/aromatic N) is 3. The van der Waals surface area contributed by atoms with Gasteiger partial charge in [-0.3, -0.25) is 0 Å². The monoisotopic (exact) mass is 394 g/mol. The average molecular weight is 396 g/mol. The normalized spacial score (nSPS) is 12.0. The van der Waals surface area contributed by atoms with Gasteiger partial charge >= 0.3 is 0 Å². The third kappa shape index (κ3) is 3.66. The molecule has 0 radical (unpaired) electrons. The SMILES string of the molecule is Cc1cn2c(n1)Cc1ccc(Cl)cc1C(c1ccc(N)cc1)=N2.Cl.Cl. The number of hydrogen-bond acceptors (Lipinski definition) is 3. The van der Waals surface area contributed by atoms with Gasteiger partial charge in [-0.15, -0.1) is 24.8 Å². The molecule has 7 heteroatoms. The first-order valence-corrected chi connectivity index (χ1v) is 7.76. The molecule has 0 spiro atoms. The van der Waals surface area contributed by atoms with Crippen LogP contribution in [0.15, 0.2) is 53.8 Å². The highest BCUT2D eigenvalue weighted by molar-refractivity contribution is 6.31. The second-order valence-electron chi connectivity index (χ2n) is 5.69. The first-order chi connectivity index (χ1) is 11.1. The van der Waals surface area contributed by atoms with Gasteiger partial charge in [0.05, 0.1) is 17.6 Å². The summed E-state index contributed by atoms with van der Waals surface area (Å²) < 4.78 is 1.86. The van der Waals surface area contributed by atoms with E-state index in [9.17, 15) is 0 Å². The van der Waals surface area contributed by atoms with Crippen molar-refractivity contribution in [3.05, 3.63) is 81.9 Å². The van der Waals surface area contributed by atoms with E-state index in [1.807, 2.05) is 60.3 Å². The minimum absolute atomic E-state index is 0. The van der Waals surface area contributed by atoms with Crippen molar-refractivity contribution in [1.29, 1.82) is 0 Å². The first kappa shape index (κ1) is 19.3. The molecule has 0 aliphatic carbocycles. The fourth-order valence-corrected chi connectivity index (χ4v) is 3.02. The Balaban J connectivity index is 0.00000113. The summed E-state index contributed by atoms with van der Waals surface area (Å²) in [6, 6.07) is 13.6. The van der Waals surface area contributed by atoms with E-state index in [0.717, 1.165) is 46.0 Å². The summed E-state index contributed by atoms with van der Waals surface area (Å²) >= 11 is 6.22. The van der Waals surface area contributed by atoms with Crippen LogP contribution in [0.25, 0.3) is 0 Å². The molecular formula is C18H17Cl3N4. The molecule has 0 unspecified atom stereocenters. The molecule has 2 heterocycles. The van der Waals surface area contributed by atoms with Crippen molar-refractivity contribution >= 4 is 47.8 Å². The highest BCUT2D eigenvalue weighted by Crippen LogP contribution is 2.26. The number of nitrogen functional groups attached to an aromatic ring is 1. The summed E-state index contributed by atoms with van der Waals surface area (Å²) in [7, 11) is 0. The number of anilines is 1. The Morgan fingerprint density at radius 2 is 1.80 bits per heavy atom. The molecule has 4 rings (SSSR count). The van der Waals surface area contributed by atoms with Crippen LogP contribution in [0.4, 0.5) is 5.69 Å². The van der Waals surface area contributed by atoms with Gasteiger partial charge < -0.3 is 5.73 Å². The van der Waals surface area contributed by atoms with Gasteiger partial charge in [0.2, 0.25) is 0 Å². The number of nitrogens with two attached hydrogens (primary N) is 1. The molecule has 0 atom stereocenters. The zero-order valence-electron chi connectivity index (χ0n) is 13.4. The van der Waals surface area contributed by atoms with E-state index >= 15 is 0 Å². The van der Waals surface area contributed by atoms with E-state index in [0.29, 0.717) is 5.02 Å². The van der Waals surface area contributed by atoms with Gasteiger partial charge in [0.1, 0.15) is 5.82 Å². The predicted molar refractivity (Wildman–Crippen MR) is 108 cm³/mol. The molecule has 2 N–H and O–H groups in total. The summed E-state index contributed by atoms with van der Waals surface area (Å²) in [6.07, 6.45) is 2.67. The van der Waals surface area contributed by atoms with E-state index in [4.69, 9.17) is 22.4 Å². The highest BCUT2D eigenvalue weighted by Gasteiger charge is 2.19. The van der Waals surface area contributed by atoms with Crippen LogP contribution < -0.4 is 5.73 Å². The molecule has 0 bridgehead atoms. The quantitative estimate of drug-likeness (QED) is 0.483. The number of aromatic nitrogens is 2. The summed E-state index contributed by atoms with van der Waals surface area (Å²) in [5.41, 5.74) is 11.6. The van der Waals surface area contributed by atoms with Crippen LogP contribution in [0.3, 0.4) is 0 Å². The maximum absolute atomic E-state index is 6.22. The Labute approximate surface area is 163 Å². The average Bonchev–Trinajstić information content (AvgIpc) is 2.80. The first-order valence-electron chi connectivity index (χ1n) is 7.39. The molecule has 1 aromatic heterocycles. The number of hydrogen-bond donors (Lipinski definition) is 1. The Hall–Kier alpha value is -2.01. The van der Waals surface area contributed by atoms with Crippen LogP contribution in [0.1, 0.15) is 28.2 Å². The number of aryl methyl sites for hydroxylation is 1. The van der Waals surface area contributed by atoms with Gasteiger partial charge in [0, 0.05) is 28.3 Å². The van der Waals surface area contributed by atoms with Crippen LogP contribution in [-0.2, 0) is 6.42 Å². The molecule has 3 aromatic rings. The maximum atomic E-state index is 6.22. The lowest BCUT2D eigenvalue weighted by Crippen LogP contribution is -2.07. The minimum atomic E-state index is 0. The van der Waals surface area contributed by atoms with Crippen molar-refractivity contribution < 1.29 is 0 Å². The molecule has 0 saturated carbocycles. The van der Waals surface area contributed by atoms with Gasteiger partial charge in [-0.1, -0.05) is 29.8 Å². The Bertz CT molecular complexity index is 930. The molecule has 2 aromatic carbocycles. The molecule has 0 saturated heterocycles. The Morgan fingerprint density at radius 3 is 2.52 bits per heavy atom. The topological polar surface area (TPSA) is 56.2 Å². The Kier molecular flexibility index (Phi) is 5.78. The molecular weight excluding hydrogens is 379 g/mol. The largest absolute Gasteiger partial charge is 0.399 e. The standard InChI is InChI=1S/C18H15ClN4.2ClH/c1-11-10-23-17(21-11)8-13-2-5-14(19)9-16(13)18(22-23)12-3-6-15(20)7-4-12;;/h2-7,9-10H,8,20H2,1H3;2*1H. The second-order valence-corrected chi connectivity index (χ2v) is 6.13. The fourth-order valence-electron chi connectivity index (χ4n) is 2.85. The summed E-state index contributed by atoms with van der Waals surface area (Å²) in [4.78, 5) is 4.58. The number of halogens is 3. The van der Waals surface area contributed by atoms with Gasteiger partial charge in [-0.25, -0.2) is 9.66 Å². The van der Waals surface area contributed by atoms with E-state index in [1.165, 1.54) is 0 Å². The van der Waals surface area contributed by atoms with Crippen LogP contribution in [-0.4, -0.2) is 15.4 Å². The molecule has 1 aliphatic rings. The number of fused-ring (bicyclic) bond motifs is 2. The molecule has 1 aliphatic heterocycles. The van der Waals surface area contributed by atoms with Gasteiger partial charge in [-0.05, 0) is 36.8 Å². The van der Waals surface area contributed by atoms with Crippen molar-refractivity contribution in [1.82, 2.24) is 9.66 Å². The van der Waals surface area contributed by atoms with Crippen LogP contribution in [0.2, 0.25) is 5.02 Å². The number of rotatable bonds is 1. The smallest absolute Gasteiger partial charge is 0.134 e. The summed E-state index contributed by atoms with van der Waals surface area (Å²) in [6.45, 7) is 1.97. The van der Waals surface area contributed by atoms with Crippen molar-refractivity contribution in [3.8, 4) is 0 Å². The van der Waals surface area contributed by atoms with E-state index in [-0.39, 0.29) is 24.8 Å². The molecule has 4 nitrogen and oxygen atoms in total. The molecule has 25 heavy (non-hydrogen) atoms. The van der Waals surface area contributed by atoms with E-state index in [2.05, 4.69) is 4.98 Å². The predicted octanol–water partition coefficient (Wildman–Crippen LogP) is 4.48. The zero-order chi connectivity index (χ0) is 16.0. The van der Waals surface area contributed by atoms with Crippen molar-refractivity contribution in [2.45, 2.75) is 13.3 Å². The number of imidazole rings is 1. The molecule has 0 fully saturated rings. The third-order valence-corrected chi connectivity index (χ3v) is 4.18. The van der Waals surface area contributed by atoms with E-state index < -0.39 is 0 Å². The maximum Gasteiger partial charge on any atom is 0.134 e. The zero-order valence-corrected chi connectivity index (χ0v) is 15.8. The fraction of sp³-hybridized carbons (Fsp3) is 0.111. The lowest BCUT2D eigenvalue weighted by Gasteiger charge is -2.10. The van der Waals surface area contributed by atoms with Gasteiger partial charge in [0.15, 0.2) is 0 Å². The van der Waals surface area contributed by atoms with Crippen molar-refractivity contribution in [2.24, 2.45) is 5.10 Å². The second kappa shape index (κ2) is 7.48. The van der Waals surface area contributed by atoms with Crippen molar-refractivity contribution in [2.75, 3.05) is 5.73 Å². The third-order valence-electron chi connectivity index (χ3n) is 3.95. The lowest BCUT2D eigenvalue weighted by atomic mass is 9.96. The minimum Gasteiger partial charge on any atom is -0.399 e. The molecule has 130 valence electrons. The Morgan fingerprint density at radius 1 is 1.08 bits per heavy atom. The van der Waals surface area contributed by atoms with Gasteiger partial charge in [0.25, 0.3) is 0 Å². The summed E-state index contributed by atoms with van der Waals surface area (Å²) in [5, 5.41) is 5.51. The van der Waals surface area contributed by atoms with Gasteiger partial charge in [-0.2, -0.15) is 5.10 Å². The van der Waals surface area contributed by atoms with Crippen LogP contribution in [0, 0.1) is 6.92 Å². The van der Waals surface area contributed by atoms with Crippen LogP contribution >= 0.6 is 36.4 Å². The highest BCUT2D eigenvalue weighted by atomic mass is 35.5. The lowest BCUT2D eigenvalue weighted by molar-refractivity contribution is 0.806. The molecule has 0 amide bonds. The van der Waals surface area contributed by atoms with Crippen molar-refractivity contribution in [3.63, 3.8) is 0 Å². The van der Waals surface area contributed by atoms with Crippen LogP contribution in [0.5, 0.6) is 0 Å². The van der Waals surface area contributed by atoms with E-state index in [1.54, 1.807) is 0 Å². The summed E-state index contributed by atoms with van der Waals surface area (Å²) in [5.74, 6) is 0.927.